The van der Waals surface area contributed by atoms with Crippen molar-refractivity contribution in [2.45, 2.75) is 62.8 Å². The van der Waals surface area contributed by atoms with Crippen molar-refractivity contribution in [3.63, 3.8) is 0 Å². The molecule has 1 saturated carbocycles. The van der Waals surface area contributed by atoms with Crippen LogP contribution in [0.3, 0.4) is 0 Å². The summed E-state index contributed by atoms with van der Waals surface area (Å²) in [5.41, 5.74) is 5.40. The van der Waals surface area contributed by atoms with Crippen LogP contribution >= 0.6 is 0 Å². The molecule has 1 heterocycles. The highest BCUT2D eigenvalue weighted by atomic mass is 32.2. The zero-order chi connectivity index (χ0) is 15.9. The minimum Gasteiger partial charge on any atom is -0.444 e. The Morgan fingerprint density at radius 3 is 2.52 bits per heavy atom. The molecule has 2 fully saturated rings. The van der Waals surface area contributed by atoms with Crippen molar-refractivity contribution < 1.29 is 17.9 Å². The van der Waals surface area contributed by atoms with Crippen LogP contribution in [-0.2, 0) is 14.6 Å². The summed E-state index contributed by atoms with van der Waals surface area (Å²) in [5, 5.41) is 2.71. The summed E-state index contributed by atoms with van der Waals surface area (Å²) in [7, 11) is -3.04. The van der Waals surface area contributed by atoms with Crippen LogP contribution in [0, 0.1) is 5.92 Å². The molecule has 1 aliphatic heterocycles. The molecule has 122 valence electrons. The zero-order valence-corrected chi connectivity index (χ0v) is 13.8. The van der Waals surface area contributed by atoms with Gasteiger partial charge in [0.25, 0.3) is 0 Å². The summed E-state index contributed by atoms with van der Waals surface area (Å²) in [4.78, 5) is 11.6. The van der Waals surface area contributed by atoms with Gasteiger partial charge in [-0.2, -0.15) is 0 Å². The molecule has 1 unspecified atom stereocenters. The molecule has 0 radical (unpaired) electrons. The SMILES string of the molecule is CC(C)(C)OC(=O)NCC1CC2(CC(N)CCS2(=O)=O)C1. The molecule has 0 bridgehead atoms. The van der Waals surface area contributed by atoms with Crippen molar-refractivity contribution in [2.24, 2.45) is 11.7 Å². The molecule has 1 saturated heterocycles. The number of carbonyl (C=O) groups excluding carboxylic acids is 1. The summed E-state index contributed by atoms with van der Waals surface area (Å²) in [6.07, 6.45) is 1.85. The molecule has 3 N–H and O–H groups in total. The van der Waals surface area contributed by atoms with E-state index in [1.165, 1.54) is 0 Å². The number of alkyl carbamates (subject to hydrolysis) is 1. The highest BCUT2D eigenvalue weighted by Gasteiger charge is 2.55. The van der Waals surface area contributed by atoms with E-state index in [-0.39, 0.29) is 17.7 Å². The maximum absolute atomic E-state index is 12.2. The Labute approximate surface area is 126 Å². The summed E-state index contributed by atoms with van der Waals surface area (Å²) < 4.78 is 29.0. The number of amides is 1. The van der Waals surface area contributed by atoms with Gasteiger partial charge in [0.2, 0.25) is 0 Å². The molecule has 1 atom stereocenters. The molecule has 2 aliphatic rings. The normalized spacial score (nSPS) is 35.0. The van der Waals surface area contributed by atoms with Crippen molar-refractivity contribution in [1.29, 1.82) is 0 Å². The fourth-order valence-corrected chi connectivity index (χ4v) is 5.82. The van der Waals surface area contributed by atoms with Gasteiger partial charge in [-0.05, 0) is 52.4 Å². The lowest BCUT2D eigenvalue weighted by Gasteiger charge is -2.50. The van der Waals surface area contributed by atoms with Gasteiger partial charge in [-0.3, -0.25) is 0 Å². The van der Waals surface area contributed by atoms with Gasteiger partial charge < -0.3 is 15.8 Å². The zero-order valence-electron chi connectivity index (χ0n) is 13.0. The van der Waals surface area contributed by atoms with Gasteiger partial charge in [0, 0.05) is 12.6 Å². The van der Waals surface area contributed by atoms with Crippen LogP contribution in [0.25, 0.3) is 0 Å². The molecule has 7 heteroatoms. The number of hydrogen-bond acceptors (Lipinski definition) is 5. The second kappa shape index (κ2) is 5.43. The molecular formula is C14H26N2O4S. The summed E-state index contributed by atoms with van der Waals surface area (Å²) in [6, 6.07) is -0.0201. The fraction of sp³-hybridized carbons (Fsp3) is 0.929. The Kier molecular flexibility index (Phi) is 4.28. The number of nitrogens with two attached hydrogens (primary N) is 1. The van der Waals surface area contributed by atoms with Gasteiger partial charge in [-0.1, -0.05) is 0 Å². The van der Waals surface area contributed by atoms with E-state index in [0.29, 0.717) is 32.2 Å². The molecule has 21 heavy (non-hydrogen) atoms. The van der Waals surface area contributed by atoms with Crippen molar-refractivity contribution >= 4 is 15.9 Å². The average molecular weight is 318 g/mol. The molecule has 0 aromatic carbocycles. The van der Waals surface area contributed by atoms with Crippen molar-refractivity contribution in [3.8, 4) is 0 Å². The first kappa shape index (κ1) is 16.5. The largest absolute Gasteiger partial charge is 0.444 e. The van der Waals surface area contributed by atoms with Crippen molar-refractivity contribution in [2.75, 3.05) is 12.3 Å². The number of hydrogen-bond donors (Lipinski definition) is 2. The van der Waals surface area contributed by atoms with E-state index in [0.717, 1.165) is 0 Å². The Morgan fingerprint density at radius 1 is 1.33 bits per heavy atom. The molecule has 1 aliphatic carbocycles. The maximum Gasteiger partial charge on any atom is 0.407 e. The van der Waals surface area contributed by atoms with E-state index in [1.807, 2.05) is 0 Å². The third-order valence-corrected chi connectivity index (χ3v) is 6.90. The quantitative estimate of drug-likeness (QED) is 0.797. The van der Waals surface area contributed by atoms with Crippen LogP contribution in [0.5, 0.6) is 0 Å². The fourth-order valence-electron chi connectivity index (χ4n) is 3.33. The summed E-state index contributed by atoms with van der Waals surface area (Å²) in [6.45, 7) is 5.88. The minimum absolute atomic E-state index is 0.0201. The van der Waals surface area contributed by atoms with Gasteiger partial charge in [-0.15, -0.1) is 0 Å². The van der Waals surface area contributed by atoms with E-state index in [9.17, 15) is 13.2 Å². The standard InChI is InChI=1S/C14H26N2O4S/c1-13(2,3)20-12(17)16-9-10-6-14(7-10)8-11(15)4-5-21(14,18)19/h10-11H,4-9,15H2,1-3H3,(H,16,17). The van der Waals surface area contributed by atoms with Crippen LogP contribution < -0.4 is 11.1 Å². The molecule has 6 nitrogen and oxygen atoms in total. The smallest absolute Gasteiger partial charge is 0.407 e. The Bertz CT molecular complexity index is 504. The van der Waals surface area contributed by atoms with Crippen molar-refractivity contribution in [3.05, 3.63) is 0 Å². The second-order valence-electron chi connectivity index (χ2n) is 7.41. The molecule has 1 spiro atoms. The number of ether oxygens (including phenoxy) is 1. The number of nitrogens with one attached hydrogen (secondary N) is 1. The lowest BCUT2D eigenvalue weighted by Crippen LogP contribution is -2.59. The maximum atomic E-state index is 12.2. The number of carbonyl (C=O) groups is 1. The van der Waals surface area contributed by atoms with Gasteiger partial charge in [0.1, 0.15) is 5.60 Å². The van der Waals surface area contributed by atoms with E-state index in [4.69, 9.17) is 10.5 Å². The highest BCUT2D eigenvalue weighted by molar-refractivity contribution is 7.92. The first-order valence-corrected chi connectivity index (χ1v) is 9.13. The molecule has 0 aromatic rings. The molecular weight excluding hydrogens is 292 g/mol. The lowest BCUT2D eigenvalue weighted by atomic mass is 9.70. The van der Waals surface area contributed by atoms with Crippen LogP contribution in [0.1, 0.15) is 46.5 Å². The van der Waals surface area contributed by atoms with Crippen LogP contribution in [-0.4, -0.2) is 43.2 Å². The van der Waals surface area contributed by atoms with Gasteiger partial charge in [0.15, 0.2) is 9.84 Å². The van der Waals surface area contributed by atoms with E-state index < -0.39 is 26.3 Å². The first-order valence-electron chi connectivity index (χ1n) is 7.48. The summed E-state index contributed by atoms with van der Waals surface area (Å²) >= 11 is 0. The minimum atomic E-state index is -3.04. The van der Waals surface area contributed by atoms with Crippen LogP contribution in [0.4, 0.5) is 4.79 Å². The average Bonchev–Trinajstić information content (AvgIpc) is 2.25. The van der Waals surface area contributed by atoms with Crippen molar-refractivity contribution in [1.82, 2.24) is 5.32 Å². The third-order valence-electron chi connectivity index (χ3n) is 4.31. The van der Waals surface area contributed by atoms with Gasteiger partial charge in [-0.25, -0.2) is 13.2 Å². The van der Waals surface area contributed by atoms with E-state index in [1.54, 1.807) is 20.8 Å². The van der Waals surface area contributed by atoms with Crippen LogP contribution in [0.15, 0.2) is 0 Å². The van der Waals surface area contributed by atoms with E-state index in [2.05, 4.69) is 5.32 Å². The third kappa shape index (κ3) is 3.69. The first-order chi connectivity index (χ1) is 9.53. The topological polar surface area (TPSA) is 98.5 Å². The molecule has 0 aromatic heterocycles. The second-order valence-corrected chi connectivity index (χ2v) is 9.92. The summed E-state index contributed by atoms with van der Waals surface area (Å²) in [5.74, 6) is 0.387. The number of rotatable bonds is 2. The van der Waals surface area contributed by atoms with E-state index >= 15 is 0 Å². The monoisotopic (exact) mass is 318 g/mol. The Balaban J connectivity index is 1.82. The Hall–Kier alpha value is -0.820. The molecule has 1 amide bonds. The molecule has 2 rings (SSSR count). The Morgan fingerprint density at radius 2 is 1.95 bits per heavy atom. The predicted molar refractivity (Wildman–Crippen MR) is 80.7 cm³/mol. The highest BCUT2D eigenvalue weighted by Crippen LogP contribution is 2.49. The lowest BCUT2D eigenvalue weighted by molar-refractivity contribution is 0.0499. The number of sulfone groups is 1. The van der Waals surface area contributed by atoms with Crippen LogP contribution in [0.2, 0.25) is 0 Å². The van der Waals surface area contributed by atoms with Gasteiger partial charge >= 0.3 is 6.09 Å². The predicted octanol–water partition coefficient (Wildman–Crippen LogP) is 1.20. The van der Waals surface area contributed by atoms with Gasteiger partial charge in [0.05, 0.1) is 10.5 Å².